The third-order valence-corrected chi connectivity index (χ3v) is 4.76. The van der Waals surface area contributed by atoms with Gasteiger partial charge in [0.25, 0.3) is 11.8 Å². The van der Waals surface area contributed by atoms with Crippen LogP contribution in [0.5, 0.6) is 0 Å². The zero-order valence-corrected chi connectivity index (χ0v) is 16.0. The molecular weight excluding hydrogens is 374 g/mol. The number of anilines is 3. The van der Waals surface area contributed by atoms with E-state index in [-0.39, 0.29) is 17.7 Å². The van der Waals surface area contributed by atoms with Crippen molar-refractivity contribution in [1.82, 2.24) is 0 Å². The van der Waals surface area contributed by atoms with Crippen molar-refractivity contribution >= 4 is 46.1 Å². The third-order valence-electron chi connectivity index (χ3n) is 3.89. The van der Waals surface area contributed by atoms with E-state index in [0.717, 1.165) is 0 Å². The van der Waals surface area contributed by atoms with Gasteiger partial charge < -0.3 is 16.0 Å². The predicted molar refractivity (Wildman–Crippen MR) is 112 cm³/mol. The van der Waals surface area contributed by atoms with Gasteiger partial charge in [-0.1, -0.05) is 31.2 Å². The SMILES string of the molecule is CCC(=O)Nc1cccc(NC(=O)c2ccccc2NC(=O)c2cccs2)c1. The van der Waals surface area contributed by atoms with Crippen LogP contribution in [0.2, 0.25) is 0 Å². The molecule has 0 aliphatic rings. The molecule has 0 fully saturated rings. The van der Waals surface area contributed by atoms with Gasteiger partial charge in [0.05, 0.1) is 16.1 Å². The molecule has 3 N–H and O–H groups in total. The lowest BCUT2D eigenvalue weighted by molar-refractivity contribution is -0.115. The third kappa shape index (κ3) is 4.83. The highest BCUT2D eigenvalue weighted by atomic mass is 32.1. The molecule has 0 saturated carbocycles. The van der Waals surface area contributed by atoms with Crippen LogP contribution in [-0.2, 0) is 4.79 Å². The fourth-order valence-corrected chi connectivity index (χ4v) is 3.12. The van der Waals surface area contributed by atoms with E-state index in [4.69, 9.17) is 0 Å². The second kappa shape index (κ2) is 8.96. The fourth-order valence-electron chi connectivity index (χ4n) is 2.50. The summed E-state index contributed by atoms with van der Waals surface area (Å²) in [6, 6.07) is 17.2. The molecule has 0 bridgehead atoms. The summed E-state index contributed by atoms with van der Waals surface area (Å²) in [4.78, 5) is 37.2. The average molecular weight is 393 g/mol. The molecule has 0 radical (unpaired) electrons. The molecule has 0 unspecified atom stereocenters. The molecule has 7 heteroatoms. The highest BCUT2D eigenvalue weighted by Crippen LogP contribution is 2.21. The minimum absolute atomic E-state index is 0.106. The van der Waals surface area contributed by atoms with Gasteiger partial charge in [-0.25, -0.2) is 0 Å². The smallest absolute Gasteiger partial charge is 0.265 e. The van der Waals surface area contributed by atoms with E-state index in [0.29, 0.717) is 33.9 Å². The van der Waals surface area contributed by atoms with Gasteiger partial charge in [0, 0.05) is 17.8 Å². The Kier molecular flexibility index (Phi) is 6.18. The lowest BCUT2D eigenvalue weighted by Crippen LogP contribution is -2.18. The van der Waals surface area contributed by atoms with E-state index in [2.05, 4.69) is 16.0 Å². The monoisotopic (exact) mass is 393 g/mol. The molecule has 0 saturated heterocycles. The Morgan fingerprint density at radius 2 is 1.57 bits per heavy atom. The van der Waals surface area contributed by atoms with Crippen LogP contribution in [0.15, 0.2) is 66.0 Å². The Morgan fingerprint density at radius 3 is 2.29 bits per heavy atom. The molecule has 6 nitrogen and oxygen atoms in total. The second-order valence-electron chi connectivity index (χ2n) is 5.91. The first-order valence-corrected chi connectivity index (χ1v) is 9.60. The molecule has 3 rings (SSSR count). The van der Waals surface area contributed by atoms with Crippen molar-refractivity contribution in [2.75, 3.05) is 16.0 Å². The minimum atomic E-state index is -0.360. The van der Waals surface area contributed by atoms with E-state index in [1.54, 1.807) is 67.6 Å². The molecule has 0 spiro atoms. The molecule has 28 heavy (non-hydrogen) atoms. The van der Waals surface area contributed by atoms with Crippen LogP contribution in [0, 0.1) is 0 Å². The lowest BCUT2D eigenvalue weighted by atomic mass is 10.1. The summed E-state index contributed by atoms with van der Waals surface area (Å²) in [5.74, 6) is -0.731. The Bertz CT molecular complexity index is 1000. The number of amides is 3. The predicted octanol–water partition coefficient (Wildman–Crippen LogP) is 4.60. The van der Waals surface area contributed by atoms with Crippen LogP contribution in [0.1, 0.15) is 33.4 Å². The number of nitrogens with one attached hydrogen (secondary N) is 3. The van der Waals surface area contributed by atoms with Crippen LogP contribution < -0.4 is 16.0 Å². The first-order valence-electron chi connectivity index (χ1n) is 8.72. The van der Waals surface area contributed by atoms with Gasteiger partial charge in [0.2, 0.25) is 5.91 Å². The highest BCUT2D eigenvalue weighted by Gasteiger charge is 2.15. The Morgan fingerprint density at radius 1 is 0.821 bits per heavy atom. The quantitative estimate of drug-likeness (QED) is 0.572. The number of rotatable bonds is 6. The van der Waals surface area contributed by atoms with E-state index in [1.165, 1.54) is 11.3 Å². The zero-order valence-electron chi connectivity index (χ0n) is 15.2. The number of hydrogen-bond donors (Lipinski definition) is 3. The number of thiophene rings is 1. The average Bonchev–Trinajstić information content (AvgIpc) is 3.23. The summed E-state index contributed by atoms with van der Waals surface area (Å²) in [6.07, 6.45) is 0.369. The van der Waals surface area contributed by atoms with E-state index < -0.39 is 0 Å². The number of carbonyl (C=O) groups excluding carboxylic acids is 3. The zero-order chi connectivity index (χ0) is 19.9. The Labute approximate surface area is 166 Å². The molecule has 2 aromatic carbocycles. The van der Waals surface area contributed by atoms with Gasteiger partial charge in [-0.05, 0) is 41.8 Å². The van der Waals surface area contributed by atoms with Crippen LogP contribution in [0.25, 0.3) is 0 Å². The van der Waals surface area contributed by atoms with Crippen molar-refractivity contribution in [2.24, 2.45) is 0 Å². The maximum absolute atomic E-state index is 12.7. The first-order chi connectivity index (χ1) is 13.6. The van der Waals surface area contributed by atoms with E-state index >= 15 is 0 Å². The van der Waals surface area contributed by atoms with Crippen LogP contribution >= 0.6 is 11.3 Å². The van der Waals surface area contributed by atoms with Crippen molar-refractivity contribution in [3.05, 3.63) is 76.5 Å². The second-order valence-corrected chi connectivity index (χ2v) is 6.86. The molecule has 0 aliphatic heterocycles. The Hall–Kier alpha value is -3.45. The number of carbonyl (C=O) groups is 3. The summed E-state index contributed by atoms with van der Waals surface area (Å²) in [6.45, 7) is 1.77. The van der Waals surface area contributed by atoms with Crippen molar-refractivity contribution in [3.63, 3.8) is 0 Å². The maximum atomic E-state index is 12.7. The summed E-state index contributed by atoms with van der Waals surface area (Å²) in [5, 5.41) is 10.1. The van der Waals surface area contributed by atoms with Gasteiger partial charge in [0.15, 0.2) is 0 Å². The minimum Gasteiger partial charge on any atom is -0.326 e. The van der Waals surface area contributed by atoms with Crippen molar-refractivity contribution in [1.29, 1.82) is 0 Å². The number of benzene rings is 2. The first kappa shape index (κ1) is 19.3. The molecule has 142 valence electrons. The lowest BCUT2D eigenvalue weighted by Gasteiger charge is -2.12. The fraction of sp³-hybridized carbons (Fsp3) is 0.0952. The number of para-hydroxylation sites is 1. The van der Waals surface area contributed by atoms with Crippen LogP contribution in [0.3, 0.4) is 0 Å². The highest BCUT2D eigenvalue weighted by molar-refractivity contribution is 7.12. The molecule has 1 heterocycles. The summed E-state index contributed by atoms with van der Waals surface area (Å²) in [7, 11) is 0. The van der Waals surface area contributed by atoms with E-state index in [9.17, 15) is 14.4 Å². The summed E-state index contributed by atoms with van der Waals surface area (Å²) >= 11 is 1.33. The number of hydrogen-bond acceptors (Lipinski definition) is 4. The maximum Gasteiger partial charge on any atom is 0.265 e. The normalized spacial score (nSPS) is 10.2. The molecule has 0 aliphatic carbocycles. The summed E-state index contributed by atoms with van der Waals surface area (Å²) < 4.78 is 0. The van der Waals surface area contributed by atoms with Gasteiger partial charge in [-0.15, -0.1) is 11.3 Å². The molecule has 3 amide bonds. The topological polar surface area (TPSA) is 87.3 Å². The summed E-state index contributed by atoms with van der Waals surface area (Å²) in [5.41, 5.74) is 1.91. The van der Waals surface area contributed by atoms with Crippen molar-refractivity contribution in [3.8, 4) is 0 Å². The van der Waals surface area contributed by atoms with Gasteiger partial charge >= 0.3 is 0 Å². The molecule has 3 aromatic rings. The molecular formula is C21H19N3O3S. The van der Waals surface area contributed by atoms with Crippen molar-refractivity contribution < 1.29 is 14.4 Å². The Balaban J connectivity index is 1.75. The van der Waals surface area contributed by atoms with Gasteiger partial charge in [0.1, 0.15) is 0 Å². The molecule has 1 aromatic heterocycles. The van der Waals surface area contributed by atoms with Crippen LogP contribution in [-0.4, -0.2) is 17.7 Å². The van der Waals surface area contributed by atoms with E-state index in [1.807, 2.05) is 5.38 Å². The standard InChI is InChI=1S/C21H19N3O3S/c1-2-19(25)22-14-7-5-8-15(13-14)23-20(26)16-9-3-4-10-17(16)24-21(27)18-11-6-12-28-18/h3-13H,2H2,1H3,(H,22,25)(H,23,26)(H,24,27). The molecule has 0 atom stereocenters. The van der Waals surface area contributed by atoms with Gasteiger partial charge in [-0.2, -0.15) is 0 Å². The van der Waals surface area contributed by atoms with Gasteiger partial charge in [-0.3, -0.25) is 14.4 Å². The largest absolute Gasteiger partial charge is 0.326 e. The van der Waals surface area contributed by atoms with Crippen LogP contribution in [0.4, 0.5) is 17.1 Å². The van der Waals surface area contributed by atoms with Crippen molar-refractivity contribution in [2.45, 2.75) is 13.3 Å².